The van der Waals surface area contributed by atoms with Gasteiger partial charge in [0.05, 0.1) is 5.69 Å². The minimum atomic E-state index is 0.666. The highest BCUT2D eigenvalue weighted by atomic mass is 35.5. The van der Waals surface area contributed by atoms with Crippen LogP contribution in [-0.2, 0) is 5.75 Å². The van der Waals surface area contributed by atoms with Crippen LogP contribution in [0.25, 0.3) is 0 Å². The van der Waals surface area contributed by atoms with Crippen LogP contribution in [0.4, 0.5) is 5.69 Å². The molecule has 1 heterocycles. The molecular weight excluding hydrogens is 256 g/mol. The van der Waals surface area contributed by atoms with Gasteiger partial charge in [-0.2, -0.15) is 0 Å². The highest BCUT2D eigenvalue weighted by molar-refractivity contribution is 7.98. The molecule has 0 amide bonds. The predicted octanol–water partition coefficient (Wildman–Crippen LogP) is 3.82. The number of hydrogen-bond donors (Lipinski definition) is 1. The van der Waals surface area contributed by atoms with Crippen molar-refractivity contribution in [2.24, 2.45) is 0 Å². The summed E-state index contributed by atoms with van der Waals surface area (Å²) >= 11 is 7.44. The Labute approximate surface area is 109 Å². The fraction of sp³-hybridized carbons (Fsp3) is 0.250. The van der Waals surface area contributed by atoms with Gasteiger partial charge < -0.3 is 10.2 Å². The topological polar surface area (TPSA) is 52.0 Å². The highest BCUT2D eigenvalue weighted by Gasteiger charge is 2.08. The molecule has 0 aliphatic carbocycles. The number of thioether (sulfide) groups is 1. The maximum Gasteiger partial charge on any atom is 0.256 e. The Bertz CT molecular complexity index is 520. The quantitative estimate of drug-likeness (QED) is 0.679. The summed E-state index contributed by atoms with van der Waals surface area (Å²) in [6.07, 6.45) is 0. The molecule has 0 unspecified atom stereocenters. The molecule has 0 spiro atoms. The molecule has 2 rings (SSSR count). The first kappa shape index (κ1) is 12.3. The molecule has 0 radical (unpaired) electrons. The average molecular weight is 269 g/mol. The van der Waals surface area contributed by atoms with Gasteiger partial charge in [0.1, 0.15) is 5.76 Å². The fourth-order valence-corrected chi connectivity index (χ4v) is 2.45. The summed E-state index contributed by atoms with van der Waals surface area (Å²) < 4.78 is 5.48. The van der Waals surface area contributed by atoms with E-state index in [-0.39, 0.29) is 0 Å². The molecule has 5 heteroatoms. The maximum absolute atomic E-state index is 5.92. The van der Waals surface area contributed by atoms with Crippen LogP contribution in [0.5, 0.6) is 0 Å². The number of oxazole rings is 1. The minimum Gasteiger partial charge on any atom is -0.437 e. The van der Waals surface area contributed by atoms with Crippen LogP contribution in [0, 0.1) is 13.8 Å². The molecular formula is C12H13ClN2OS. The Morgan fingerprint density at radius 1 is 1.41 bits per heavy atom. The zero-order valence-electron chi connectivity index (χ0n) is 9.66. The van der Waals surface area contributed by atoms with Gasteiger partial charge >= 0.3 is 0 Å². The van der Waals surface area contributed by atoms with Gasteiger partial charge in [-0.15, -0.1) is 0 Å². The first-order valence-corrected chi connectivity index (χ1v) is 6.53. The fourth-order valence-electron chi connectivity index (χ4n) is 1.34. The van der Waals surface area contributed by atoms with Gasteiger partial charge in [0, 0.05) is 16.5 Å². The van der Waals surface area contributed by atoms with Crippen molar-refractivity contribution in [1.82, 2.24) is 4.98 Å². The first-order chi connectivity index (χ1) is 8.06. The predicted molar refractivity (Wildman–Crippen MR) is 71.4 cm³/mol. The van der Waals surface area contributed by atoms with Crippen LogP contribution in [0.3, 0.4) is 0 Å². The third-order valence-corrected chi connectivity index (χ3v) is 3.58. The standard InChI is InChI=1S/C12H13ClN2OS/c1-7-8(2)16-12(15-7)17-6-9-5-10(13)3-4-11(9)14/h3-5H,6,14H2,1-2H3. The van der Waals surface area contributed by atoms with Crippen LogP contribution < -0.4 is 5.73 Å². The van der Waals surface area contributed by atoms with Crippen molar-refractivity contribution in [3.8, 4) is 0 Å². The molecule has 0 fully saturated rings. The van der Waals surface area contributed by atoms with Crippen LogP contribution >= 0.6 is 23.4 Å². The van der Waals surface area contributed by atoms with E-state index in [1.165, 1.54) is 11.8 Å². The van der Waals surface area contributed by atoms with E-state index in [9.17, 15) is 0 Å². The molecule has 0 aliphatic rings. The van der Waals surface area contributed by atoms with Crippen molar-refractivity contribution >= 4 is 29.1 Å². The molecule has 3 nitrogen and oxygen atoms in total. The van der Waals surface area contributed by atoms with E-state index < -0.39 is 0 Å². The number of nitrogens with zero attached hydrogens (tertiary/aromatic N) is 1. The number of rotatable bonds is 3. The molecule has 2 aromatic rings. The molecule has 1 aromatic carbocycles. The summed E-state index contributed by atoms with van der Waals surface area (Å²) in [6, 6.07) is 5.46. The van der Waals surface area contributed by atoms with Crippen LogP contribution in [0.15, 0.2) is 27.8 Å². The number of halogens is 1. The maximum atomic E-state index is 5.92. The van der Waals surface area contributed by atoms with Gasteiger partial charge in [0.15, 0.2) is 0 Å². The number of aromatic nitrogens is 1. The zero-order valence-corrected chi connectivity index (χ0v) is 11.2. The van der Waals surface area contributed by atoms with Crippen molar-refractivity contribution in [1.29, 1.82) is 0 Å². The molecule has 90 valence electrons. The molecule has 0 atom stereocenters. The lowest BCUT2D eigenvalue weighted by molar-refractivity contribution is 0.431. The second-order valence-corrected chi connectivity index (χ2v) is 5.12. The van der Waals surface area contributed by atoms with E-state index in [0.717, 1.165) is 22.7 Å². The second-order valence-electron chi connectivity index (χ2n) is 3.75. The number of nitrogen functional groups attached to an aromatic ring is 1. The monoisotopic (exact) mass is 268 g/mol. The Kier molecular flexibility index (Phi) is 3.64. The van der Waals surface area contributed by atoms with E-state index in [0.29, 0.717) is 16.0 Å². The first-order valence-electron chi connectivity index (χ1n) is 5.17. The Hall–Kier alpha value is -1.13. The number of nitrogens with two attached hydrogens (primary N) is 1. The molecule has 0 saturated heterocycles. The van der Waals surface area contributed by atoms with Gasteiger partial charge in [0.2, 0.25) is 0 Å². The Morgan fingerprint density at radius 2 is 2.18 bits per heavy atom. The van der Waals surface area contributed by atoms with Gasteiger partial charge in [-0.25, -0.2) is 4.98 Å². The highest BCUT2D eigenvalue weighted by Crippen LogP contribution is 2.27. The number of hydrogen-bond acceptors (Lipinski definition) is 4. The van der Waals surface area contributed by atoms with Crippen molar-refractivity contribution in [2.45, 2.75) is 24.8 Å². The van der Waals surface area contributed by atoms with E-state index >= 15 is 0 Å². The van der Waals surface area contributed by atoms with Crippen molar-refractivity contribution in [2.75, 3.05) is 5.73 Å². The lowest BCUT2D eigenvalue weighted by atomic mass is 10.2. The van der Waals surface area contributed by atoms with Gasteiger partial charge in [-0.05, 0) is 37.6 Å². The van der Waals surface area contributed by atoms with E-state index in [4.69, 9.17) is 21.8 Å². The molecule has 0 bridgehead atoms. The molecule has 2 N–H and O–H groups in total. The summed E-state index contributed by atoms with van der Waals surface area (Å²) in [7, 11) is 0. The zero-order chi connectivity index (χ0) is 12.4. The SMILES string of the molecule is Cc1nc(SCc2cc(Cl)ccc2N)oc1C. The van der Waals surface area contributed by atoms with E-state index in [1.54, 1.807) is 6.07 Å². The summed E-state index contributed by atoms with van der Waals surface area (Å²) in [5, 5.41) is 1.36. The number of benzene rings is 1. The van der Waals surface area contributed by atoms with Crippen molar-refractivity contribution < 1.29 is 4.42 Å². The van der Waals surface area contributed by atoms with E-state index in [1.807, 2.05) is 26.0 Å². The molecule has 0 saturated carbocycles. The van der Waals surface area contributed by atoms with Crippen molar-refractivity contribution in [3.63, 3.8) is 0 Å². The van der Waals surface area contributed by atoms with Crippen LogP contribution in [0.1, 0.15) is 17.0 Å². The van der Waals surface area contributed by atoms with Crippen LogP contribution in [-0.4, -0.2) is 4.98 Å². The normalized spacial score (nSPS) is 10.8. The summed E-state index contributed by atoms with van der Waals surface area (Å²) in [5.74, 6) is 1.55. The largest absolute Gasteiger partial charge is 0.437 e. The number of anilines is 1. The molecule has 17 heavy (non-hydrogen) atoms. The minimum absolute atomic E-state index is 0.666. The van der Waals surface area contributed by atoms with Gasteiger partial charge in [-0.3, -0.25) is 0 Å². The van der Waals surface area contributed by atoms with Crippen molar-refractivity contribution in [3.05, 3.63) is 40.2 Å². The smallest absolute Gasteiger partial charge is 0.256 e. The van der Waals surface area contributed by atoms with E-state index in [2.05, 4.69) is 4.98 Å². The lowest BCUT2D eigenvalue weighted by Gasteiger charge is -2.03. The number of aryl methyl sites for hydroxylation is 2. The van der Waals surface area contributed by atoms with Gasteiger partial charge in [0.25, 0.3) is 5.22 Å². The molecule has 0 aliphatic heterocycles. The Balaban J connectivity index is 2.09. The summed E-state index contributed by atoms with van der Waals surface area (Å²) in [5.41, 5.74) is 8.52. The summed E-state index contributed by atoms with van der Waals surface area (Å²) in [4.78, 5) is 4.30. The third-order valence-electron chi connectivity index (χ3n) is 2.47. The Morgan fingerprint density at radius 3 is 2.82 bits per heavy atom. The average Bonchev–Trinajstić information content (AvgIpc) is 2.60. The molecule has 1 aromatic heterocycles. The van der Waals surface area contributed by atoms with Crippen LogP contribution in [0.2, 0.25) is 5.02 Å². The summed E-state index contributed by atoms with van der Waals surface area (Å²) in [6.45, 7) is 3.83. The third kappa shape index (κ3) is 2.96. The second kappa shape index (κ2) is 5.02. The van der Waals surface area contributed by atoms with Gasteiger partial charge in [-0.1, -0.05) is 23.4 Å². The lowest BCUT2D eigenvalue weighted by Crippen LogP contribution is -1.92.